The van der Waals surface area contributed by atoms with E-state index >= 15 is 0 Å². The van der Waals surface area contributed by atoms with Crippen molar-refractivity contribution < 1.29 is 9.59 Å². The van der Waals surface area contributed by atoms with Gasteiger partial charge < -0.3 is 0 Å². The minimum absolute atomic E-state index is 0.0351. The number of fused-ring (bicyclic) bond motifs is 1. The maximum atomic E-state index is 11.7. The van der Waals surface area contributed by atoms with Crippen molar-refractivity contribution >= 4 is 35.1 Å². The molecular weight excluding hydrogens is 240 g/mol. The zero-order chi connectivity index (χ0) is 11.9. The summed E-state index contributed by atoms with van der Waals surface area (Å²) >= 11 is 6.60. The first kappa shape index (κ1) is 11.6. The van der Waals surface area contributed by atoms with Crippen LogP contribution >= 0.6 is 23.6 Å². The van der Waals surface area contributed by atoms with Gasteiger partial charge in [0.15, 0.2) is 0 Å². The molecule has 0 radical (unpaired) electrons. The molecule has 0 amide bonds. The van der Waals surface area contributed by atoms with Crippen LogP contribution in [0.1, 0.15) is 25.0 Å². The number of carbonyl (C=O) groups excluding carboxylic acids is 2. The molecular formula is C12H12O2S2. The van der Waals surface area contributed by atoms with Gasteiger partial charge in [-0.3, -0.25) is 9.59 Å². The summed E-state index contributed by atoms with van der Waals surface area (Å²) in [6.45, 7) is 3.01. The largest absolute Gasteiger partial charge is 0.299 e. The first-order chi connectivity index (χ1) is 7.45. The van der Waals surface area contributed by atoms with E-state index in [1.165, 1.54) is 25.2 Å². The Labute approximate surface area is 103 Å². The van der Waals surface area contributed by atoms with Crippen LogP contribution < -0.4 is 0 Å². The zero-order valence-corrected chi connectivity index (χ0v) is 10.8. The van der Waals surface area contributed by atoms with Gasteiger partial charge in [-0.25, -0.2) is 0 Å². The summed E-state index contributed by atoms with van der Waals surface area (Å²) in [5.74, 6) is -0.0702. The molecule has 16 heavy (non-hydrogen) atoms. The summed E-state index contributed by atoms with van der Waals surface area (Å²) in [6, 6.07) is 1.92. The van der Waals surface area contributed by atoms with Crippen molar-refractivity contribution in [2.75, 3.05) is 0 Å². The van der Waals surface area contributed by atoms with Crippen molar-refractivity contribution in [3.8, 4) is 0 Å². The Morgan fingerprint density at radius 2 is 1.81 bits per heavy atom. The highest BCUT2D eigenvalue weighted by Crippen LogP contribution is 2.39. The standard InChI is InChI=1S/C12H12O2S2/c1-7(13)12(8(2)14)4-9-3-11(15)16-6-10(9)5-12/h3,6H,4-5H2,1-2H3. The average Bonchev–Trinajstić information content (AvgIpc) is 2.57. The highest BCUT2D eigenvalue weighted by Gasteiger charge is 2.45. The lowest BCUT2D eigenvalue weighted by molar-refractivity contribution is -0.137. The van der Waals surface area contributed by atoms with Gasteiger partial charge in [0.2, 0.25) is 0 Å². The topological polar surface area (TPSA) is 34.1 Å². The lowest BCUT2D eigenvalue weighted by Gasteiger charge is -2.21. The molecule has 0 aromatic carbocycles. The zero-order valence-electron chi connectivity index (χ0n) is 9.20. The van der Waals surface area contributed by atoms with Gasteiger partial charge in [-0.05, 0) is 49.3 Å². The molecule has 84 valence electrons. The van der Waals surface area contributed by atoms with Gasteiger partial charge >= 0.3 is 0 Å². The molecule has 0 saturated carbocycles. The molecule has 1 aromatic rings. The molecule has 2 nitrogen and oxygen atoms in total. The Kier molecular flexibility index (Phi) is 2.80. The molecule has 0 unspecified atom stereocenters. The highest BCUT2D eigenvalue weighted by molar-refractivity contribution is 7.73. The minimum Gasteiger partial charge on any atom is -0.299 e. The minimum atomic E-state index is -0.821. The van der Waals surface area contributed by atoms with Crippen LogP contribution in [0.3, 0.4) is 0 Å². The maximum Gasteiger partial charge on any atom is 0.144 e. The first-order valence-electron chi connectivity index (χ1n) is 5.08. The Morgan fingerprint density at radius 3 is 2.38 bits per heavy atom. The monoisotopic (exact) mass is 252 g/mol. The molecule has 0 fully saturated rings. The molecule has 1 aliphatic carbocycles. The van der Waals surface area contributed by atoms with Crippen LogP contribution in [0.4, 0.5) is 0 Å². The quantitative estimate of drug-likeness (QED) is 0.599. The van der Waals surface area contributed by atoms with Gasteiger partial charge in [-0.2, -0.15) is 0 Å². The van der Waals surface area contributed by atoms with Crippen LogP contribution in [0.15, 0.2) is 11.4 Å². The molecule has 1 heterocycles. The summed E-state index contributed by atoms with van der Waals surface area (Å²) in [6.07, 6.45) is 1.06. The summed E-state index contributed by atoms with van der Waals surface area (Å²) in [7, 11) is 0. The maximum absolute atomic E-state index is 11.7. The summed E-state index contributed by atoms with van der Waals surface area (Å²) in [5.41, 5.74) is 1.34. The predicted molar refractivity (Wildman–Crippen MR) is 66.4 cm³/mol. The summed E-state index contributed by atoms with van der Waals surface area (Å²) in [5, 5.41) is 1.98. The second-order valence-electron chi connectivity index (χ2n) is 4.30. The average molecular weight is 252 g/mol. The number of hydrogen-bond donors (Lipinski definition) is 0. The molecule has 0 spiro atoms. The number of hydrogen-bond acceptors (Lipinski definition) is 4. The van der Waals surface area contributed by atoms with E-state index in [4.69, 9.17) is 12.2 Å². The van der Waals surface area contributed by atoms with E-state index in [0.717, 1.165) is 15.0 Å². The normalized spacial score (nSPS) is 16.9. The molecule has 0 atom stereocenters. The Balaban J connectivity index is 2.51. The second kappa shape index (κ2) is 3.86. The Hall–Kier alpha value is -0.870. The van der Waals surface area contributed by atoms with Crippen LogP contribution in [0, 0.1) is 9.24 Å². The SMILES string of the molecule is CC(=O)C1(C(C)=O)Cc2csc(=S)cc2C1. The van der Waals surface area contributed by atoms with Crippen molar-refractivity contribution in [2.24, 2.45) is 5.41 Å². The van der Waals surface area contributed by atoms with Gasteiger partial charge in [0, 0.05) is 0 Å². The van der Waals surface area contributed by atoms with E-state index in [2.05, 4.69) is 0 Å². The number of rotatable bonds is 2. The van der Waals surface area contributed by atoms with Crippen molar-refractivity contribution in [3.05, 3.63) is 26.4 Å². The third kappa shape index (κ3) is 1.66. The van der Waals surface area contributed by atoms with E-state index in [-0.39, 0.29) is 11.6 Å². The molecule has 1 aromatic heterocycles. The van der Waals surface area contributed by atoms with Crippen LogP contribution in [0.25, 0.3) is 0 Å². The molecule has 0 N–H and O–H groups in total. The third-order valence-corrected chi connectivity index (χ3v) is 4.51. The molecule has 1 aliphatic rings. The van der Waals surface area contributed by atoms with Crippen molar-refractivity contribution in [1.29, 1.82) is 0 Å². The fourth-order valence-corrected chi connectivity index (χ4v) is 3.24. The van der Waals surface area contributed by atoms with E-state index in [1.54, 1.807) is 0 Å². The van der Waals surface area contributed by atoms with Crippen LogP contribution in [-0.2, 0) is 22.4 Å². The molecule has 0 bridgehead atoms. The lowest BCUT2D eigenvalue weighted by Crippen LogP contribution is -2.37. The smallest absolute Gasteiger partial charge is 0.144 e. The van der Waals surface area contributed by atoms with Gasteiger partial charge in [0.05, 0.1) is 9.24 Å². The summed E-state index contributed by atoms with van der Waals surface area (Å²) < 4.78 is 0.807. The third-order valence-electron chi connectivity index (χ3n) is 3.35. The van der Waals surface area contributed by atoms with E-state index in [9.17, 15) is 9.59 Å². The van der Waals surface area contributed by atoms with E-state index in [1.807, 2.05) is 11.4 Å². The van der Waals surface area contributed by atoms with Crippen LogP contribution in [0.2, 0.25) is 0 Å². The number of Topliss-reactive ketones (excluding diaryl/α,β-unsaturated/α-hetero) is 2. The first-order valence-corrected chi connectivity index (χ1v) is 6.37. The second-order valence-corrected chi connectivity index (χ2v) is 5.91. The number of carbonyl (C=O) groups is 2. The van der Waals surface area contributed by atoms with Gasteiger partial charge in [0.25, 0.3) is 0 Å². The van der Waals surface area contributed by atoms with Crippen LogP contribution in [-0.4, -0.2) is 11.6 Å². The molecule has 0 aliphatic heterocycles. The Morgan fingerprint density at radius 1 is 1.25 bits per heavy atom. The van der Waals surface area contributed by atoms with Crippen molar-refractivity contribution in [2.45, 2.75) is 26.7 Å². The van der Waals surface area contributed by atoms with Gasteiger partial charge in [0.1, 0.15) is 11.6 Å². The fourth-order valence-electron chi connectivity index (χ4n) is 2.25. The highest BCUT2D eigenvalue weighted by atomic mass is 32.1. The molecule has 4 heteroatoms. The van der Waals surface area contributed by atoms with Gasteiger partial charge in [-0.1, -0.05) is 12.2 Å². The lowest BCUT2D eigenvalue weighted by atomic mass is 9.77. The number of ketones is 2. The predicted octanol–water partition coefficient (Wildman–Crippen LogP) is 2.74. The van der Waals surface area contributed by atoms with E-state index in [0.29, 0.717) is 12.8 Å². The fraction of sp³-hybridized carbons (Fsp3) is 0.417. The van der Waals surface area contributed by atoms with Crippen molar-refractivity contribution in [1.82, 2.24) is 0 Å². The molecule has 2 rings (SSSR count). The van der Waals surface area contributed by atoms with E-state index < -0.39 is 5.41 Å². The van der Waals surface area contributed by atoms with Gasteiger partial charge in [-0.15, -0.1) is 11.3 Å². The molecule has 0 saturated heterocycles. The Bertz CT molecular complexity index is 514. The van der Waals surface area contributed by atoms with Crippen LogP contribution in [0.5, 0.6) is 0 Å². The van der Waals surface area contributed by atoms with Crippen molar-refractivity contribution in [3.63, 3.8) is 0 Å². The summed E-state index contributed by atoms with van der Waals surface area (Å²) in [4.78, 5) is 23.4.